The molecule has 2 N–H and O–H groups in total. The van der Waals surface area contributed by atoms with E-state index in [0.29, 0.717) is 36.9 Å². The van der Waals surface area contributed by atoms with Crippen molar-refractivity contribution >= 4 is 23.4 Å². The van der Waals surface area contributed by atoms with Crippen LogP contribution in [0, 0.1) is 11.8 Å². The molecular weight excluding hydrogens is 414 g/mol. The van der Waals surface area contributed by atoms with Gasteiger partial charge in [-0.25, -0.2) is 0 Å². The molecule has 4 rings (SSSR count). The largest absolute Gasteiger partial charge is 0.486 e. The van der Waals surface area contributed by atoms with Crippen molar-refractivity contribution in [3.8, 4) is 11.5 Å². The smallest absolute Gasteiger partial charge is 0.242 e. The molecule has 9 nitrogen and oxygen atoms in total. The van der Waals surface area contributed by atoms with Crippen LogP contribution in [0.15, 0.2) is 18.2 Å². The van der Waals surface area contributed by atoms with Gasteiger partial charge in [-0.3, -0.25) is 14.4 Å². The van der Waals surface area contributed by atoms with Crippen LogP contribution in [-0.2, 0) is 19.1 Å². The van der Waals surface area contributed by atoms with Crippen LogP contribution in [0.1, 0.15) is 33.1 Å². The maximum Gasteiger partial charge on any atom is 0.242 e. The quantitative estimate of drug-likeness (QED) is 0.654. The van der Waals surface area contributed by atoms with Crippen molar-refractivity contribution in [3.05, 3.63) is 18.2 Å². The zero-order valence-corrected chi connectivity index (χ0v) is 18.6. The van der Waals surface area contributed by atoms with Crippen LogP contribution in [0.2, 0.25) is 0 Å². The highest BCUT2D eigenvalue weighted by atomic mass is 16.6. The van der Waals surface area contributed by atoms with Gasteiger partial charge >= 0.3 is 0 Å². The summed E-state index contributed by atoms with van der Waals surface area (Å²) in [4.78, 5) is 39.9. The first-order chi connectivity index (χ1) is 15.4. The summed E-state index contributed by atoms with van der Waals surface area (Å²) in [5, 5.41) is 5.75. The average molecular weight is 446 g/mol. The second-order valence-corrected chi connectivity index (χ2v) is 8.84. The number of carbonyl (C=O) groups is 3. The van der Waals surface area contributed by atoms with E-state index in [9.17, 15) is 14.4 Å². The van der Waals surface area contributed by atoms with Gasteiger partial charge in [0.05, 0.1) is 12.0 Å². The van der Waals surface area contributed by atoms with E-state index < -0.39 is 12.0 Å². The van der Waals surface area contributed by atoms with Gasteiger partial charge in [-0.05, 0) is 30.9 Å². The monoisotopic (exact) mass is 445 g/mol. The molecule has 3 atom stereocenters. The Morgan fingerprint density at radius 2 is 1.94 bits per heavy atom. The molecule has 1 aromatic rings. The Balaban J connectivity index is 1.36. The Labute approximate surface area is 187 Å². The summed E-state index contributed by atoms with van der Waals surface area (Å²) in [5.74, 6) is -0.0173. The van der Waals surface area contributed by atoms with Crippen LogP contribution in [-0.4, -0.2) is 62.8 Å². The topological polar surface area (TPSA) is 106 Å². The van der Waals surface area contributed by atoms with Crippen LogP contribution in [0.3, 0.4) is 0 Å². The van der Waals surface area contributed by atoms with Gasteiger partial charge in [0.15, 0.2) is 11.5 Å². The van der Waals surface area contributed by atoms with Crippen LogP contribution in [0.25, 0.3) is 0 Å². The van der Waals surface area contributed by atoms with Crippen LogP contribution < -0.4 is 25.0 Å². The van der Waals surface area contributed by atoms with E-state index in [1.165, 1.54) is 0 Å². The van der Waals surface area contributed by atoms with Gasteiger partial charge in [0.1, 0.15) is 19.3 Å². The molecule has 0 aromatic heterocycles. The van der Waals surface area contributed by atoms with Crippen LogP contribution >= 0.6 is 0 Å². The average Bonchev–Trinajstić information content (AvgIpc) is 3.45. The van der Waals surface area contributed by atoms with Gasteiger partial charge in [0.25, 0.3) is 0 Å². The molecule has 9 heteroatoms. The first kappa shape index (κ1) is 22.4. The van der Waals surface area contributed by atoms with E-state index in [2.05, 4.69) is 10.6 Å². The van der Waals surface area contributed by atoms with Gasteiger partial charge < -0.3 is 29.7 Å². The van der Waals surface area contributed by atoms with Gasteiger partial charge in [0, 0.05) is 37.9 Å². The maximum atomic E-state index is 12.9. The number of fused-ring (bicyclic) bond motifs is 1. The Hall–Kier alpha value is -2.81. The van der Waals surface area contributed by atoms with E-state index in [1.54, 1.807) is 23.1 Å². The molecule has 0 aliphatic carbocycles. The number of benzene rings is 1. The van der Waals surface area contributed by atoms with Gasteiger partial charge in [-0.2, -0.15) is 0 Å². The Morgan fingerprint density at radius 3 is 2.66 bits per heavy atom. The third-order valence-electron chi connectivity index (χ3n) is 6.11. The predicted molar refractivity (Wildman–Crippen MR) is 117 cm³/mol. The molecule has 0 bridgehead atoms. The number of carbonyl (C=O) groups excluding carboxylic acids is 3. The number of hydrogen-bond donors (Lipinski definition) is 2. The molecule has 3 aliphatic rings. The number of hydrogen-bond acceptors (Lipinski definition) is 6. The number of anilines is 1. The number of nitrogens with zero attached hydrogens (tertiary/aromatic N) is 1. The highest BCUT2D eigenvalue weighted by Gasteiger charge is 2.37. The van der Waals surface area contributed by atoms with E-state index in [4.69, 9.17) is 14.2 Å². The van der Waals surface area contributed by atoms with E-state index in [1.807, 2.05) is 13.8 Å². The SMILES string of the molecule is CC(C)[C@H](NC(=O)[C@H]1CC(=O)N(c2ccc3c(c2)OCCO3)C1)C(=O)NC[C@@H]1CCCO1. The van der Waals surface area contributed by atoms with Crippen molar-refractivity contribution in [2.24, 2.45) is 11.8 Å². The summed E-state index contributed by atoms with van der Waals surface area (Å²) in [7, 11) is 0. The summed E-state index contributed by atoms with van der Waals surface area (Å²) in [5.41, 5.74) is 0.671. The molecule has 0 radical (unpaired) electrons. The second-order valence-electron chi connectivity index (χ2n) is 8.84. The highest BCUT2D eigenvalue weighted by molar-refractivity contribution is 6.01. The molecule has 3 heterocycles. The summed E-state index contributed by atoms with van der Waals surface area (Å²) in [6.07, 6.45) is 2.07. The molecule has 1 aromatic carbocycles. The van der Waals surface area contributed by atoms with Gasteiger partial charge in [-0.1, -0.05) is 13.8 Å². The Bertz CT molecular complexity index is 867. The van der Waals surface area contributed by atoms with Gasteiger partial charge in [0.2, 0.25) is 17.7 Å². The minimum Gasteiger partial charge on any atom is -0.486 e. The molecule has 174 valence electrons. The molecule has 0 spiro atoms. The van der Waals surface area contributed by atoms with Crippen LogP contribution in [0.5, 0.6) is 11.5 Å². The predicted octanol–water partition coefficient (Wildman–Crippen LogP) is 1.25. The molecule has 0 saturated carbocycles. The molecule has 3 aliphatic heterocycles. The Kier molecular flexibility index (Phi) is 6.83. The van der Waals surface area contributed by atoms with Crippen molar-refractivity contribution in [2.75, 3.05) is 37.8 Å². The number of ether oxygens (including phenoxy) is 3. The minimum atomic E-state index is -0.664. The first-order valence-corrected chi connectivity index (χ1v) is 11.3. The number of nitrogens with one attached hydrogen (secondary N) is 2. The first-order valence-electron chi connectivity index (χ1n) is 11.3. The standard InChI is InChI=1S/C23H31N3O6/c1-14(2)21(23(29)24-12-17-4-3-7-30-17)25-22(28)15-10-20(27)26(13-15)16-5-6-18-19(11-16)32-9-8-31-18/h5-6,11,14-15,17,21H,3-4,7-10,12-13H2,1-2H3,(H,24,29)(H,25,28)/t15-,17-,21-/m0/s1. The molecule has 2 fully saturated rings. The van der Waals surface area contributed by atoms with Crippen LogP contribution in [0.4, 0.5) is 5.69 Å². The van der Waals surface area contributed by atoms with E-state index >= 15 is 0 Å². The van der Waals surface area contributed by atoms with Crippen molar-refractivity contribution in [1.29, 1.82) is 0 Å². The number of rotatable bonds is 7. The maximum absolute atomic E-state index is 12.9. The third kappa shape index (κ3) is 4.98. The fourth-order valence-corrected chi connectivity index (χ4v) is 4.27. The molecule has 3 amide bonds. The van der Waals surface area contributed by atoms with Crippen molar-refractivity contribution in [2.45, 2.75) is 45.3 Å². The Morgan fingerprint density at radius 1 is 1.16 bits per heavy atom. The minimum absolute atomic E-state index is 0.0365. The van der Waals surface area contributed by atoms with E-state index in [0.717, 1.165) is 19.4 Å². The summed E-state index contributed by atoms with van der Waals surface area (Å²) in [6, 6.07) is 4.67. The summed E-state index contributed by atoms with van der Waals surface area (Å²) < 4.78 is 16.7. The second kappa shape index (κ2) is 9.77. The lowest BCUT2D eigenvalue weighted by Gasteiger charge is -2.24. The fourth-order valence-electron chi connectivity index (χ4n) is 4.27. The lowest BCUT2D eigenvalue weighted by atomic mass is 10.0. The zero-order valence-electron chi connectivity index (χ0n) is 18.6. The lowest BCUT2D eigenvalue weighted by Crippen LogP contribution is -2.52. The van der Waals surface area contributed by atoms with Crippen molar-refractivity contribution in [1.82, 2.24) is 10.6 Å². The lowest BCUT2D eigenvalue weighted by molar-refractivity contribution is -0.132. The van der Waals surface area contributed by atoms with E-state index in [-0.39, 0.29) is 42.7 Å². The highest BCUT2D eigenvalue weighted by Crippen LogP contribution is 2.36. The molecular formula is C23H31N3O6. The molecule has 32 heavy (non-hydrogen) atoms. The molecule has 0 unspecified atom stereocenters. The number of amides is 3. The summed E-state index contributed by atoms with van der Waals surface area (Å²) >= 11 is 0. The normalized spacial score (nSPS) is 23.3. The van der Waals surface area contributed by atoms with Gasteiger partial charge in [-0.15, -0.1) is 0 Å². The fraction of sp³-hybridized carbons (Fsp3) is 0.609. The third-order valence-corrected chi connectivity index (χ3v) is 6.11. The molecule has 2 saturated heterocycles. The van der Waals surface area contributed by atoms with Crippen molar-refractivity contribution < 1.29 is 28.6 Å². The summed E-state index contributed by atoms with van der Waals surface area (Å²) in [6.45, 7) is 6.15. The van der Waals surface area contributed by atoms with Crippen molar-refractivity contribution in [3.63, 3.8) is 0 Å². The zero-order chi connectivity index (χ0) is 22.7.